The molecule has 0 radical (unpaired) electrons. The van der Waals surface area contributed by atoms with Crippen molar-refractivity contribution in [1.29, 1.82) is 0 Å². The molecule has 1 unspecified atom stereocenters. The van der Waals surface area contributed by atoms with E-state index in [2.05, 4.69) is 46.9 Å². The Labute approximate surface area is 102 Å². The lowest BCUT2D eigenvalue weighted by Crippen LogP contribution is -2.33. The van der Waals surface area contributed by atoms with Crippen molar-refractivity contribution < 1.29 is 4.74 Å². The number of hydrogen-bond donors (Lipinski definition) is 1. The lowest BCUT2D eigenvalue weighted by atomic mass is 10.0. The van der Waals surface area contributed by atoms with Crippen LogP contribution in [-0.2, 0) is 4.74 Å². The highest BCUT2D eigenvalue weighted by Crippen LogP contribution is 2.12. The molecule has 2 heteroatoms. The fourth-order valence-electron chi connectivity index (χ4n) is 1.42. The molecular weight excluding hydrogens is 198 g/mol. The minimum atomic E-state index is 0.0306. The van der Waals surface area contributed by atoms with Crippen LogP contribution < -0.4 is 5.32 Å². The van der Waals surface area contributed by atoms with Crippen LogP contribution in [0.15, 0.2) is 0 Å². The highest BCUT2D eigenvalue weighted by molar-refractivity contribution is 4.66. The van der Waals surface area contributed by atoms with Crippen molar-refractivity contribution in [3.63, 3.8) is 0 Å². The fraction of sp³-hybridized carbons (Fsp3) is 1.00. The molecule has 0 saturated heterocycles. The van der Waals surface area contributed by atoms with Crippen molar-refractivity contribution in [3.05, 3.63) is 0 Å². The largest absolute Gasteiger partial charge is 0.374 e. The molecule has 0 aromatic rings. The van der Waals surface area contributed by atoms with Crippen molar-refractivity contribution in [2.45, 2.75) is 72.4 Å². The van der Waals surface area contributed by atoms with E-state index >= 15 is 0 Å². The quantitative estimate of drug-likeness (QED) is 0.610. The van der Waals surface area contributed by atoms with E-state index in [1.54, 1.807) is 0 Å². The summed E-state index contributed by atoms with van der Waals surface area (Å²) in [6.45, 7) is 15.0. The fourth-order valence-corrected chi connectivity index (χ4v) is 1.42. The maximum atomic E-state index is 5.79. The van der Waals surface area contributed by atoms with Gasteiger partial charge in [-0.3, -0.25) is 0 Å². The Hall–Kier alpha value is -0.0800. The third-order valence-electron chi connectivity index (χ3n) is 3.12. The van der Waals surface area contributed by atoms with Crippen LogP contribution >= 0.6 is 0 Å². The number of rotatable bonds is 9. The topological polar surface area (TPSA) is 21.3 Å². The van der Waals surface area contributed by atoms with E-state index in [9.17, 15) is 0 Å². The summed E-state index contributed by atoms with van der Waals surface area (Å²) in [4.78, 5) is 0. The second-order valence-electron chi connectivity index (χ2n) is 5.79. The molecule has 0 fully saturated rings. The predicted octanol–water partition coefficient (Wildman–Crippen LogP) is 3.61. The maximum absolute atomic E-state index is 5.79. The van der Waals surface area contributed by atoms with E-state index in [0.717, 1.165) is 25.5 Å². The van der Waals surface area contributed by atoms with Crippen LogP contribution in [0.25, 0.3) is 0 Å². The lowest BCUT2D eigenvalue weighted by Gasteiger charge is -2.24. The summed E-state index contributed by atoms with van der Waals surface area (Å²) in [6, 6.07) is 0.607. The monoisotopic (exact) mass is 229 g/mol. The molecule has 98 valence electrons. The highest BCUT2D eigenvalue weighted by atomic mass is 16.5. The second kappa shape index (κ2) is 8.08. The average molecular weight is 229 g/mol. The third-order valence-corrected chi connectivity index (χ3v) is 3.12. The van der Waals surface area contributed by atoms with Gasteiger partial charge in [0.2, 0.25) is 0 Å². The summed E-state index contributed by atoms with van der Waals surface area (Å²) >= 11 is 0. The van der Waals surface area contributed by atoms with E-state index in [1.165, 1.54) is 12.8 Å². The summed E-state index contributed by atoms with van der Waals surface area (Å²) in [5, 5.41) is 3.51. The summed E-state index contributed by atoms with van der Waals surface area (Å²) in [6.07, 6.45) is 3.63. The van der Waals surface area contributed by atoms with Crippen LogP contribution in [0.1, 0.15) is 60.8 Å². The summed E-state index contributed by atoms with van der Waals surface area (Å²) < 4.78 is 5.79. The van der Waals surface area contributed by atoms with Gasteiger partial charge in [-0.2, -0.15) is 0 Å². The zero-order valence-corrected chi connectivity index (χ0v) is 12.1. The zero-order chi connectivity index (χ0) is 12.6. The number of ether oxygens (including phenoxy) is 1. The van der Waals surface area contributed by atoms with Gasteiger partial charge in [0.25, 0.3) is 0 Å². The molecular formula is C14H31NO. The Morgan fingerprint density at radius 3 is 2.25 bits per heavy atom. The summed E-state index contributed by atoms with van der Waals surface area (Å²) in [5.41, 5.74) is 0.0306. The van der Waals surface area contributed by atoms with Gasteiger partial charge >= 0.3 is 0 Å². The Bertz CT molecular complexity index is 166. The van der Waals surface area contributed by atoms with Crippen LogP contribution in [0, 0.1) is 5.92 Å². The lowest BCUT2D eigenvalue weighted by molar-refractivity contribution is -0.0186. The van der Waals surface area contributed by atoms with Crippen LogP contribution in [0.4, 0.5) is 0 Å². The first-order chi connectivity index (χ1) is 7.37. The van der Waals surface area contributed by atoms with Crippen molar-refractivity contribution in [2.75, 3.05) is 13.2 Å². The van der Waals surface area contributed by atoms with Gasteiger partial charge < -0.3 is 10.1 Å². The van der Waals surface area contributed by atoms with Gasteiger partial charge in [0.1, 0.15) is 0 Å². The van der Waals surface area contributed by atoms with Crippen LogP contribution in [0.2, 0.25) is 0 Å². The smallest absolute Gasteiger partial charge is 0.0624 e. The molecule has 0 aliphatic heterocycles. The van der Waals surface area contributed by atoms with Crippen LogP contribution in [-0.4, -0.2) is 24.8 Å². The molecule has 16 heavy (non-hydrogen) atoms. The van der Waals surface area contributed by atoms with Crippen molar-refractivity contribution in [3.8, 4) is 0 Å². The molecule has 0 amide bonds. The third kappa shape index (κ3) is 9.17. The molecule has 0 aliphatic rings. The van der Waals surface area contributed by atoms with E-state index in [4.69, 9.17) is 4.74 Å². The van der Waals surface area contributed by atoms with Gasteiger partial charge in [-0.1, -0.05) is 20.8 Å². The molecule has 0 aliphatic carbocycles. The molecule has 2 nitrogen and oxygen atoms in total. The van der Waals surface area contributed by atoms with Crippen molar-refractivity contribution in [1.82, 2.24) is 5.32 Å². The first-order valence-corrected chi connectivity index (χ1v) is 6.74. The minimum Gasteiger partial charge on any atom is -0.374 e. The van der Waals surface area contributed by atoms with Gasteiger partial charge in [0.05, 0.1) is 12.2 Å². The van der Waals surface area contributed by atoms with Crippen LogP contribution in [0.3, 0.4) is 0 Å². The minimum absolute atomic E-state index is 0.0306. The van der Waals surface area contributed by atoms with Gasteiger partial charge in [-0.15, -0.1) is 0 Å². The Balaban J connectivity index is 3.44. The molecule has 0 aromatic heterocycles. The summed E-state index contributed by atoms with van der Waals surface area (Å²) in [7, 11) is 0. The van der Waals surface area contributed by atoms with Gasteiger partial charge in [-0.05, 0) is 46.0 Å². The standard InChI is InChI=1S/C14H31NO/c1-7-14(5,6)16-11-10-15-13(4)9-8-12(2)3/h12-13,15H,7-11H2,1-6H3. The normalized spacial score (nSPS) is 14.4. The van der Waals surface area contributed by atoms with Crippen LogP contribution in [0.5, 0.6) is 0 Å². The number of hydrogen-bond acceptors (Lipinski definition) is 2. The zero-order valence-electron chi connectivity index (χ0n) is 12.1. The Morgan fingerprint density at radius 2 is 1.75 bits per heavy atom. The maximum Gasteiger partial charge on any atom is 0.0624 e. The van der Waals surface area contributed by atoms with Gasteiger partial charge in [0.15, 0.2) is 0 Å². The average Bonchev–Trinajstić information content (AvgIpc) is 2.21. The Kier molecular flexibility index (Phi) is 8.04. The molecule has 0 heterocycles. The molecule has 0 saturated carbocycles. The molecule has 1 atom stereocenters. The molecule has 1 N–H and O–H groups in total. The Morgan fingerprint density at radius 1 is 1.12 bits per heavy atom. The SMILES string of the molecule is CCC(C)(C)OCCNC(C)CCC(C)C. The van der Waals surface area contributed by atoms with E-state index < -0.39 is 0 Å². The van der Waals surface area contributed by atoms with E-state index in [0.29, 0.717) is 6.04 Å². The second-order valence-corrected chi connectivity index (χ2v) is 5.79. The van der Waals surface area contributed by atoms with Gasteiger partial charge in [0, 0.05) is 12.6 Å². The highest BCUT2D eigenvalue weighted by Gasteiger charge is 2.14. The number of nitrogens with one attached hydrogen (secondary N) is 1. The van der Waals surface area contributed by atoms with E-state index in [-0.39, 0.29) is 5.60 Å². The summed E-state index contributed by atoms with van der Waals surface area (Å²) in [5.74, 6) is 0.805. The van der Waals surface area contributed by atoms with Crippen molar-refractivity contribution >= 4 is 0 Å². The van der Waals surface area contributed by atoms with E-state index in [1.807, 2.05) is 0 Å². The predicted molar refractivity (Wildman–Crippen MR) is 71.9 cm³/mol. The molecule has 0 bridgehead atoms. The molecule has 0 rings (SSSR count). The molecule has 0 spiro atoms. The first kappa shape index (κ1) is 15.9. The molecule has 0 aromatic carbocycles. The van der Waals surface area contributed by atoms with Crippen molar-refractivity contribution in [2.24, 2.45) is 5.92 Å². The van der Waals surface area contributed by atoms with Gasteiger partial charge in [-0.25, -0.2) is 0 Å². The first-order valence-electron chi connectivity index (χ1n) is 6.74.